The first kappa shape index (κ1) is 10.7. The number of hydrogen-bond acceptors (Lipinski definition) is 1. The lowest BCUT2D eigenvalue weighted by Gasteiger charge is -2.11. The van der Waals surface area contributed by atoms with Crippen LogP contribution < -0.4 is 0 Å². The van der Waals surface area contributed by atoms with E-state index in [2.05, 4.69) is 15.9 Å². The maximum absolute atomic E-state index is 12.8. The van der Waals surface area contributed by atoms with Crippen molar-refractivity contribution < 1.29 is 9.50 Å². The van der Waals surface area contributed by atoms with E-state index in [9.17, 15) is 9.50 Å². The molecule has 0 spiro atoms. The minimum absolute atomic E-state index is 0.312. The van der Waals surface area contributed by atoms with Crippen LogP contribution in [0.5, 0.6) is 0 Å². The molecule has 1 rings (SSSR count). The molecular weight excluding hydrogens is 235 g/mol. The summed E-state index contributed by atoms with van der Waals surface area (Å²) in [5.74, 6) is -0.312. The van der Waals surface area contributed by atoms with E-state index in [0.29, 0.717) is 12.0 Å². The largest absolute Gasteiger partial charge is 0.388 e. The van der Waals surface area contributed by atoms with Gasteiger partial charge >= 0.3 is 0 Å². The second kappa shape index (κ2) is 4.72. The van der Waals surface area contributed by atoms with Crippen LogP contribution in [0, 0.1) is 5.82 Å². The summed E-state index contributed by atoms with van der Waals surface area (Å²) in [5.41, 5.74) is 0.627. The Hall–Kier alpha value is -0.410. The molecule has 0 bridgehead atoms. The predicted molar refractivity (Wildman–Crippen MR) is 54.0 cm³/mol. The fourth-order valence-electron chi connectivity index (χ4n) is 1.20. The van der Waals surface area contributed by atoms with Crippen LogP contribution in [0.1, 0.15) is 31.4 Å². The molecule has 3 heteroatoms. The number of rotatable bonds is 3. The lowest BCUT2D eigenvalue weighted by atomic mass is 10.1. The molecule has 13 heavy (non-hydrogen) atoms. The van der Waals surface area contributed by atoms with E-state index in [1.165, 1.54) is 12.1 Å². The van der Waals surface area contributed by atoms with Crippen LogP contribution >= 0.6 is 15.9 Å². The molecule has 0 amide bonds. The van der Waals surface area contributed by atoms with Gasteiger partial charge in [-0.25, -0.2) is 4.39 Å². The fourth-order valence-corrected chi connectivity index (χ4v) is 1.71. The van der Waals surface area contributed by atoms with Crippen molar-refractivity contribution in [2.45, 2.75) is 25.9 Å². The molecule has 0 saturated heterocycles. The van der Waals surface area contributed by atoms with Gasteiger partial charge in [-0.1, -0.05) is 29.3 Å². The van der Waals surface area contributed by atoms with Crippen LogP contribution in [0.25, 0.3) is 0 Å². The monoisotopic (exact) mass is 246 g/mol. The van der Waals surface area contributed by atoms with E-state index in [0.717, 1.165) is 10.9 Å². The highest BCUT2D eigenvalue weighted by Crippen LogP contribution is 2.26. The van der Waals surface area contributed by atoms with Crippen LogP contribution in [-0.2, 0) is 0 Å². The topological polar surface area (TPSA) is 20.2 Å². The molecular formula is C10H12BrFO. The van der Waals surface area contributed by atoms with E-state index >= 15 is 0 Å². The molecule has 1 nitrogen and oxygen atoms in total. The smallest absolute Gasteiger partial charge is 0.123 e. The Morgan fingerprint density at radius 3 is 2.85 bits per heavy atom. The summed E-state index contributed by atoms with van der Waals surface area (Å²) in [7, 11) is 0. The van der Waals surface area contributed by atoms with Crippen molar-refractivity contribution >= 4 is 15.9 Å². The molecule has 72 valence electrons. The maximum Gasteiger partial charge on any atom is 0.123 e. The van der Waals surface area contributed by atoms with Gasteiger partial charge in [0.2, 0.25) is 0 Å². The van der Waals surface area contributed by atoms with Gasteiger partial charge in [0.1, 0.15) is 5.82 Å². The molecule has 0 heterocycles. The molecule has 0 radical (unpaired) electrons. The van der Waals surface area contributed by atoms with E-state index in [-0.39, 0.29) is 5.82 Å². The highest BCUT2D eigenvalue weighted by atomic mass is 79.9. The second-order valence-corrected chi connectivity index (χ2v) is 3.82. The summed E-state index contributed by atoms with van der Waals surface area (Å²) in [6.07, 6.45) is 0.960. The van der Waals surface area contributed by atoms with Gasteiger partial charge in [-0.2, -0.15) is 0 Å². The zero-order valence-electron chi connectivity index (χ0n) is 7.43. The molecule has 0 saturated carbocycles. The predicted octanol–water partition coefficient (Wildman–Crippen LogP) is 3.42. The zero-order chi connectivity index (χ0) is 9.84. The molecule has 0 aliphatic heterocycles. The lowest BCUT2D eigenvalue weighted by Crippen LogP contribution is -1.98. The SMILES string of the molecule is CCC[C@@H](O)c1cc(F)ccc1Br. The van der Waals surface area contributed by atoms with Gasteiger partial charge in [0.05, 0.1) is 6.10 Å². The van der Waals surface area contributed by atoms with Crippen molar-refractivity contribution in [2.75, 3.05) is 0 Å². The van der Waals surface area contributed by atoms with Crippen molar-refractivity contribution in [2.24, 2.45) is 0 Å². The molecule has 1 N–H and O–H groups in total. The van der Waals surface area contributed by atoms with Gasteiger partial charge < -0.3 is 5.11 Å². The van der Waals surface area contributed by atoms with E-state index in [1.807, 2.05) is 6.92 Å². The van der Waals surface area contributed by atoms with Gasteiger partial charge in [-0.3, -0.25) is 0 Å². The first-order chi connectivity index (χ1) is 6.15. The third-order valence-electron chi connectivity index (χ3n) is 1.88. The van der Waals surface area contributed by atoms with Crippen LogP contribution in [-0.4, -0.2) is 5.11 Å². The van der Waals surface area contributed by atoms with Crippen molar-refractivity contribution in [1.29, 1.82) is 0 Å². The Morgan fingerprint density at radius 2 is 2.23 bits per heavy atom. The molecule has 0 aliphatic rings. The number of hydrogen-bond donors (Lipinski definition) is 1. The molecule has 0 aromatic heterocycles. The van der Waals surface area contributed by atoms with Crippen molar-refractivity contribution in [3.05, 3.63) is 34.1 Å². The number of halogens is 2. The minimum atomic E-state index is -0.574. The zero-order valence-corrected chi connectivity index (χ0v) is 9.01. The van der Waals surface area contributed by atoms with Gasteiger partial charge in [0.25, 0.3) is 0 Å². The molecule has 0 fully saturated rings. The van der Waals surface area contributed by atoms with E-state index < -0.39 is 6.10 Å². The van der Waals surface area contributed by atoms with E-state index in [1.54, 1.807) is 6.07 Å². The van der Waals surface area contributed by atoms with Gasteiger partial charge in [0, 0.05) is 4.47 Å². The number of aliphatic hydroxyl groups excluding tert-OH is 1. The normalized spacial score (nSPS) is 12.9. The molecule has 1 aromatic carbocycles. The minimum Gasteiger partial charge on any atom is -0.388 e. The maximum atomic E-state index is 12.8. The molecule has 1 aromatic rings. The summed E-state index contributed by atoms with van der Waals surface area (Å²) in [5, 5.41) is 9.63. The number of benzene rings is 1. The Kier molecular flexibility index (Phi) is 3.88. The van der Waals surface area contributed by atoms with Gasteiger partial charge in [-0.15, -0.1) is 0 Å². The third kappa shape index (κ3) is 2.78. The average molecular weight is 247 g/mol. The Labute approximate surface area is 85.7 Å². The fraction of sp³-hybridized carbons (Fsp3) is 0.400. The summed E-state index contributed by atoms with van der Waals surface area (Å²) >= 11 is 3.27. The number of aliphatic hydroxyl groups is 1. The lowest BCUT2D eigenvalue weighted by molar-refractivity contribution is 0.165. The average Bonchev–Trinajstić information content (AvgIpc) is 2.09. The third-order valence-corrected chi connectivity index (χ3v) is 2.60. The van der Waals surface area contributed by atoms with Gasteiger partial charge in [-0.05, 0) is 30.2 Å². The molecule has 0 aliphatic carbocycles. The summed E-state index contributed by atoms with van der Waals surface area (Å²) in [6.45, 7) is 1.98. The second-order valence-electron chi connectivity index (χ2n) is 2.97. The first-order valence-electron chi connectivity index (χ1n) is 4.28. The Morgan fingerprint density at radius 1 is 1.54 bits per heavy atom. The Bertz CT molecular complexity index is 288. The van der Waals surface area contributed by atoms with Crippen LogP contribution in [0.3, 0.4) is 0 Å². The first-order valence-corrected chi connectivity index (χ1v) is 5.07. The Balaban J connectivity index is 2.91. The van der Waals surface area contributed by atoms with Crippen LogP contribution in [0.4, 0.5) is 4.39 Å². The van der Waals surface area contributed by atoms with Crippen molar-refractivity contribution in [1.82, 2.24) is 0 Å². The van der Waals surface area contributed by atoms with Crippen LogP contribution in [0.15, 0.2) is 22.7 Å². The summed E-state index contributed by atoms with van der Waals surface area (Å²) in [6, 6.07) is 4.35. The van der Waals surface area contributed by atoms with Crippen molar-refractivity contribution in [3.63, 3.8) is 0 Å². The van der Waals surface area contributed by atoms with Crippen molar-refractivity contribution in [3.8, 4) is 0 Å². The quantitative estimate of drug-likeness (QED) is 0.867. The summed E-state index contributed by atoms with van der Waals surface area (Å²) < 4.78 is 13.6. The standard InChI is InChI=1S/C10H12BrFO/c1-2-3-10(13)8-6-7(12)4-5-9(8)11/h4-6,10,13H,2-3H2,1H3/t10-/m1/s1. The van der Waals surface area contributed by atoms with Crippen LogP contribution in [0.2, 0.25) is 0 Å². The van der Waals surface area contributed by atoms with Gasteiger partial charge in [0.15, 0.2) is 0 Å². The highest BCUT2D eigenvalue weighted by molar-refractivity contribution is 9.10. The highest BCUT2D eigenvalue weighted by Gasteiger charge is 2.10. The van der Waals surface area contributed by atoms with E-state index in [4.69, 9.17) is 0 Å². The molecule has 1 atom stereocenters. The summed E-state index contributed by atoms with van der Waals surface area (Å²) in [4.78, 5) is 0. The molecule has 0 unspecified atom stereocenters.